The smallest absolute Gasteiger partial charge is 0.358 e. The molecule has 0 saturated carbocycles. The van der Waals surface area contributed by atoms with Crippen molar-refractivity contribution in [2.45, 2.75) is 75.0 Å². The fourth-order valence-corrected chi connectivity index (χ4v) is 8.43. The summed E-state index contributed by atoms with van der Waals surface area (Å²) < 4.78 is 74.1. The zero-order valence-electron chi connectivity index (χ0n) is 31.1. The summed E-state index contributed by atoms with van der Waals surface area (Å²) in [5.41, 5.74) is 1.33. The van der Waals surface area contributed by atoms with Gasteiger partial charge in [0.2, 0.25) is 11.8 Å². The van der Waals surface area contributed by atoms with Gasteiger partial charge in [-0.2, -0.15) is 0 Å². The van der Waals surface area contributed by atoms with E-state index in [-0.39, 0.29) is 50.9 Å². The van der Waals surface area contributed by atoms with E-state index in [4.69, 9.17) is 4.74 Å². The van der Waals surface area contributed by atoms with E-state index in [9.17, 15) is 45.6 Å². The summed E-state index contributed by atoms with van der Waals surface area (Å²) in [6.45, 7) is 4.10. The number of carbonyl (C=O) groups is 3. The number of carbonyl (C=O) groups excluding carboxylic acids is 3. The van der Waals surface area contributed by atoms with Crippen molar-refractivity contribution in [3.8, 4) is 0 Å². The largest absolute Gasteiger partial charge is 0.465 e. The third kappa shape index (κ3) is 12.2. The van der Waals surface area contributed by atoms with E-state index in [0.717, 1.165) is 68.9 Å². The molecule has 4 aromatic rings. The van der Waals surface area contributed by atoms with Crippen LogP contribution in [0.2, 0.25) is 0 Å². The van der Waals surface area contributed by atoms with Gasteiger partial charge in [0.25, 0.3) is 20.0 Å². The topological polar surface area (TPSA) is 234 Å². The van der Waals surface area contributed by atoms with Crippen LogP contribution in [-0.2, 0) is 51.8 Å². The van der Waals surface area contributed by atoms with E-state index in [1.54, 1.807) is 24.3 Å². The van der Waals surface area contributed by atoms with E-state index in [1.807, 2.05) is 6.92 Å². The number of nitrogens with one attached hydrogen (secondary N) is 4. The van der Waals surface area contributed by atoms with Gasteiger partial charge in [-0.25, -0.2) is 21.6 Å². The molecule has 0 aliphatic heterocycles. The second kappa shape index (κ2) is 19.2. The van der Waals surface area contributed by atoms with Crippen LogP contribution in [0, 0.1) is 0 Å². The van der Waals surface area contributed by atoms with Crippen molar-refractivity contribution < 1.29 is 50.3 Å². The molecule has 0 heterocycles. The first kappa shape index (κ1) is 43.7. The van der Waals surface area contributed by atoms with E-state index in [1.165, 1.54) is 48.5 Å². The molecular formula is C38H45N4O11PS2. The van der Waals surface area contributed by atoms with Gasteiger partial charge in [0.1, 0.15) is 0 Å². The van der Waals surface area contributed by atoms with Crippen molar-refractivity contribution in [1.82, 2.24) is 0 Å². The van der Waals surface area contributed by atoms with Gasteiger partial charge in [-0.3, -0.25) is 23.6 Å². The van der Waals surface area contributed by atoms with E-state index in [0.29, 0.717) is 0 Å². The standard InChI is InChI=1S/C38H45N4O11PS2/c1-4-6-8-26-10-16-30(17-11-26)55(49,50)41-33-20-14-28(24-32(33)38(45)53-3)39-36(43)22-23-37(44)40-29-15-21-34(35(25-29)54(46,47)48)42-56(51,52)31-18-12-27(13-19-31)9-7-5-2/h10-21,24-25,41-42H,4-9,22-23H2,1-3H3,(H,39,43)(H,40,44)(H2,46,47,48). The van der Waals surface area contributed by atoms with Crippen LogP contribution >= 0.6 is 7.60 Å². The highest BCUT2D eigenvalue weighted by Crippen LogP contribution is 2.38. The Morgan fingerprint density at radius 2 is 1.07 bits per heavy atom. The number of hydrogen-bond donors (Lipinski definition) is 6. The first-order valence-electron chi connectivity index (χ1n) is 17.7. The van der Waals surface area contributed by atoms with Gasteiger partial charge >= 0.3 is 13.6 Å². The summed E-state index contributed by atoms with van der Waals surface area (Å²) in [4.78, 5) is 58.0. The van der Waals surface area contributed by atoms with Crippen molar-refractivity contribution >= 4 is 73.5 Å². The fourth-order valence-electron chi connectivity index (χ4n) is 5.44. The van der Waals surface area contributed by atoms with Crippen molar-refractivity contribution in [2.75, 3.05) is 27.2 Å². The summed E-state index contributed by atoms with van der Waals surface area (Å²) >= 11 is 0. The average Bonchev–Trinajstić information content (AvgIpc) is 3.16. The molecule has 0 spiro atoms. The Morgan fingerprint density at radius 1 is 0.643 bits per heavy atom. The number of aryl methyl sites for hydroxylation is 2. The van der Waals surface area contributed by atoms with Gasteiger partial charge in [-0.1, -0.05) is 51.0 Å². The minimum atomic E-state index is -5.06. The van der Waals surface area contributed by atoms with Crippen LogP contribution in [0.3, 0.4) is 0 Å². The highest BCUT2D eigenvalue weighted by atomic mass is 32.2. The molecule has 0 radical (unpaired) electrons. The van der Waals surface area contributed by atoms with Gasteiger partial charge in [-0.15, -0.1) is 0 Å². The summed E-state index contributed by atoms with van der Waals surface area (Å²) in [6, 6.07) is 19.7. The Hall–Kier alpha value is -5.06. The molecular weight excluding hydrogens is 784 g/mol. The molecule has 15 nitrogen and oxygen atoms in total. The molecule has 0 atom stereocenters. The van der Waals surface area contributed by atoms with Gasteiger partial charge in [-0.05, 0) is 97.5 Å². The van der Waals surface area contributed by atoms with Crippen molar-refractivity contribution in [3.05, 3.63) is 102 Å². The predicted octanol–water partition coefficient (Wildman–Crippen LogP) is 5.92. The molecule has 0 unspecified atom stereocenters. The molecule has 0 aliphatic rings. The molecule has 18 heteroatoms. The normalized spacial score (nSPS) is 11.7. The number of anilines is 4. The third-order valence-corrected chi connectivity index (χ3v) is 12.2. The lowest BCUT2D eigenvalue weighted by molar-refractivity contribution is -0.121. The maximum atomic E-state index is 13.1. The molecule has 0 aliphatic carbocycles. The van der Waals surface area contributed by atoms with Gasteiger partial charge in [0.05, 0.1) is 39.1 Å². The van der Waals surface area contributed by atoms with Crippen LogP contribution in [0.5, 0.6) is 0 Å². The number of amides is 2. The Labute approximate surface area is 326 Å². The molecule has 2 amide bonds. The maximum Gasteiger partial charge on any atom is 0.358 e. The zero-order valence-corrected chi connectivity index (χ0v) is 33.6. The molecule has 4 rings (SSSR count). The number of hydrogen-bond acceptors (Lipinski definition) is 9. The van der Waals surface area contributed by atoms with Crippen LogP contribution in [0.15, 0.2) is 94.7 Å². The summed E-state index contributed by atoms with van der Waals surface area (Å²) in [5, 5.41) is 4.30. The lowest BCUT2D eigenvalue weighted by atomic mass is 10.1. The predicted molar refractivity (Wildman–Crippen MR) is 214 cm³/mol. The first-order chi connectivity index (χ1) is 26.4. The number of benzene rings is 4. The molecule has 0 saturated heterocycles. The molecule has 0 fully saturated rings. The quantitative estimate of drug-likeness (QED) is 0.0480. The number of ether oxygens (including phenoxy) is 1. The molecule has 56 heavy (non-hydrogen) atoms. The lowest BCUT2D eigenvalue weighted by Gasteiger charge is -2.16. The Bertz CT molecular complexity index is 2310. The second-order valence-electron chi connectivity index (χ2n) is 12.8. The SMILES string of the molecule is CCCCc1ccc(S(=O)(=O)Nc2ccc(NC(=O)CCC(=O)Nc3ccc(NS(=O)(=O)c4ccc(CCCC)cc4)c(P(=O)(O)O)c3)cc2C(=O)OC)cc1. The summed E-state index contributed by atoms with van der Waals surface area (Å²) in [7, 11) is -12.3. The molecule has 300 valence electrons. The minimum Gasteiger partial charge on any atom is -0.465 e. The summed E-state index contributed by atoms with van der Waals surface area (Å²) in [6.07, 6.45) is 4.72. The van der Waals surface area contributed by atoms with Crippen LogP contribution < -0.4 is 25.4 Å². The third-order valence-electron chi connectivity index (χ3n) is 8.48. The molecule has 0 aromatic heterocycles. The Morgan fingerprint density at radius 3 is 1.50 bits per heavy atom. The minimum absolute atomic E-state index is 0.0122. The fraction of sp³-hybridized carbons (Fsp3) is 0.289. The lowest BCUT2D eigenvalue weighted by Crippen LogP contribution is -2.21. The number of rotatable bonds is 19. The van der Waals surface area contributed by atoms with Crippen molar-refractivity contribution in [2.24, 2.45) is 0 Å². The van der Waals surface area contributed by atoms with Crippen molar-refractivity contribution in [1.29, 1.82) is 0 Å². The van der Waals surface area contributed by atoms with Crippen LogP contribution in [0.4, 0.5) is 22.7 Å². The van der Waals surface area contributed by atoms with E-state index < -0.39 is 50.7 Å². The maximum absolute atomic E-state index is 13.1. The zero-order chi connectivity index (χ0) is 41.1. The molecule has 4 aromatic carbocycles. The highest BCUT2D eigenvalue weighted by molar-refractivity contribution is 7.93. The van der Waals surface area contributed by atoms with E-state index >= 15 is 0 Å². The second-order valence-corrected chi connectivity index (χ2v) is 17.8. The number of methoxy groups -OCH3 is 1. The van der Waals surface area contributed by atoms with Gasteiger partial charge in [0.15, 0.2) is 0 Å². The van der Waals surface area contributed by atoms with Crippen LogP contribution in [-0.4, -0.2) is 51.5 Å². The number of unbranched alkanes of at least 4 members (excludes halogenated alkanes) is 2. The van der Waals surface area contributed by atoms with Crippen LogP contribution in [0.1, 0.15) is 73.9 Å². The van der Waals surface area contributed by atoms with E-state index in [2.05, 4.69) is 27.0 Å². The Balaban J connectivity index is 1.39. The number of esters is 1. The van der Waals surface area contributed by atoms with Gasteiger partial charge in [0, 0.05) is 24.2 Å². The van der Waals surface area contributed by atoms with Crippen molar-refractivity contribution in [3.63, 3.8) is 0 Å². The van der Waals surface area contributed by atoms with Crippen LogP contribution in [0.25, 0.3) is 0 Å². The molecule has 6 N–H and O–H groups in total. The number of sulfonamides is 2. The average molecular weight is 829 g/mol. The Kier molecular flexibility index (Phi) is 15.0. The first-order valence-corrected chi connectivity index (χ1v) is 22.3. The van der Waals surface area contributed by atoms with Gasteiger partial charge < -0.3 is 25.2 Å². The molecule has 0 bridgehead atoms. The highest BCUT2D eigenvalue weighted by Gasteiger charge is 2.26. The monoisotopic (exact) mass is 828 g/mol. The summed E-state index contributed by atoms with van der Waals surface area (Å²) in [5.74, 6) is -2.23.